The van der Waals surface area contributed by atoms with Gasteiger partial charge in [0, 0.05) is 11.3 Å². The summed E-state index contributed by atoms with van der Waals surface area (Å²) in [5, 5.41) is 6.14. The molecular formula is C20H20N4O5. The number of amides is 5. The van der Waals surface area contributed by atoms with Gasteiger partial charge in [-0.1, -0.05) is 19.3 Å². The largest absolute Gasteiger partial charge is 0.459 e. The predicted molar refractivity (Wildman–Crippen MR) is 102 cm³/mol. The summed E-state index contributed by atoms with van der Waals surface area (Å²) in [6.07, 6.45) is 5.30. The first-order chi connectivity index (χ1) is 14.0. The van der Waals surface area contributed by atoms with Crippen LogP contribution in [0.15, 0.2) is 47.1 Å². The first kappa shape index (κ1) is 18.7. The third-order valence-corrected chi connectivity index (χ3v) is 5.23. The monoisotopic (exact) mass is 396 g/mol. The van der Waals surface area contributed by atoms with Crippen LogP contribution in [0.25, 0.3) is 0 Å². The summed E-state index contributed by atoms with van der Waals surface area (Å²) in [5.41, 5.74) is 2.19. The van der Waals surface area contributed by atoms with E-state index in [1.54, 1.807) is 18.2 Å². The van der Waals surface area contributed by atoms with E-state index in [0.717, 1.165) is 24.3 Å². The summed E-state index contributed by atoms with van der Waals surface area (Å²) in [4.78, 5) is 49.4. The molecule has 1 aromatic heterocycles. The minimum Gasteiger partial charge on any atom is -0.459 e. The number of benzene rings is 1. The van der Waals surface area contributed by atoms with Gasteiger partial charge in [-0.2, -0.15) is 5.01 Å². The number of carbonyl (C=O) groups is 4. The van der Waals surface area contributed by atoms with Crippen molar-refractivity contribution in [2.45, 2.75) is 37.6 Å². The fourth-order valence-corrected chi connectivity index (χ4v) is 3.69. The SMILES string of the molecule is O=C(NN1C(=O)NC2(CCCCC2)C1=O)c1ccc(NC(=O)c2ccco2)cc1. The van der Waals surface area contributed by atoms with Gasteiger partial charge in [0.15, 0.2) is 5.76 Å². The second-order valence-corrected chi connectivity index (χ2v) is 7.16. The van der Waals surface area contributed by atoms with Crippen LogP contribution in [0.5, 0.6) is 0 Å². The number of nitrogens with zero attached hydrogens (tertiary/aromatic N) is 1. The number of anilines is 1. The molecule has 1 aromatic carbocycles. The van der Waals surface area contributed by atoms with E-state index in [4.69, 9.17) is 4.42 Å². The summed E-state index contributed by atoms with van der Waals surface area (Å²) in [6, 6.07) is 8.59. The molecule has 0 radical (unpaired) electrons. The van der Waals surface area contributed by atoms with Crippen molar-refractivity contribution < 1.29 is 23.6 Å². The topological polar surface area (TPSA) is 121 Å². The Morgan fingerprint density at radius 3 is 2.38 bits per heavy atom. The van der Waals surface area contributed by atoms with E-state index in [2.05, 4.69) is 16.1 Å². The van der Waals surface area contributed by atoms with E-state index < -0.39 is 29.3 Å². The summed E-state index contributed by atoms with van der Waals surface area (Å²) in [7, 11) is 0. The van der Waals surface area contributed by atoms with Crippen LogP contribution in [-0.2, 0) is 4.79 Å². The lowest BCUT2D eigenvalue weighted by Crippen LogP contribution is -2.50. The fraction of sp³-hybridized carbons (Fsp3) is 0.300. The summed E-state index contributed by atoms with van der Waals surface area (Å²) in [5.74, 6) is -1.26. The van der Waals surface area contributed by atoms with Crippen molar-refractivity contribution in [1.82, 2.24) is 15.8 Å². The van der Waals surface area contributed by atoms with Crippen molar-refractivity contribution >= 4 is 29.4 Å². The summed E-state index contributed by atoms with van der Waals surface area (Å²) >= 11 is 0. The quantitative estimate of drug-likeness (QED) is 0.686. The second-order valence-electron chi connectivity index (χ2n) is 7.16. The Morgan fingerprint density at radius 2 is 1.72 bits per heavy atom. The van der Waals surface area contributed by atoms with E-state index in [1.807, 2.05) is 0 Å². The van der Waals surface area contributed by atoms with Gasteiger partial charge in [0.05, 0.1) is 6.26 Å². The Kier molecular flexibility index (Phi) is 4.79. The standard InChI is InChI=1S/C20H20N4O5/c25-16(23-24-18(27)20(22-19(24)28)10-2-1-3-11-20)13-6-8-14(9-7-13)21-17(26)15-5-4-12-29-15/h4-9,12H,1-3,10-11H2,(H,21,26)(H,22,28)(H,23,25). The number of urea groups is 1. The minimum atomic E-state index is -0.900. The van der Waals surface area contributed by atoms with E-state index in [1.165, 1.54) is 24.5 Å². The molecule has 3 N–H and O–H groups in total. The molecule has 1 aliphatic heterocycles. The van der Waals surface area contributed by atoms with Crippen molar-refractivity contribution in [3.05, 3.63) is 54.0 Å². The lowest BCUT2D eigenvalue weighted by Gasteiger charge is -2.30. The fourth-order valence-electron chi connectivity index (χ4n) is 3.69. The molecule has 5 amide bonds. The van der Waals surface area contributed by atoms with Crippen molar-refractivity contribution in [2.75, 3.05) is 5.32 Å². The predicted octanol–water partition coefficient (Wildman–Crippen LogP) is 2.43. The molecule has 1 spiro atoms. The summed E-state index contributed by atoms with van der Waals surface area (Å²) < 4.78 is 5.02. The van der Waals surface area contributed by atoms with Gasteiger partial charge in [0.2, 0.25) is 0 Å². The lowest BCUT2D eigenvalue weighted by atomic mass is 9.82. The number of hydrogen-bond donors (Lipinski definition) is 3. The molecule has 29 heavy (non-hydrogen) atoms. The maximum atomic E-state index is 12.7. The van der Waals surface area contributed by atoms with Gasteiger partial charge in [-0.05, 0) is 49.2 Å². The van der Waals surface area contributed by atoms with E-state index in [0.29, 0.717) is 18.5 Å². The van der Waals surface area contributed by atoms with Crippen LogP contribution >= 0.6 is 0 Å². The maximum absolute atomic E-state index is 12.7. The third kappa shape index (κ3) is 3.58. The molecule has 4 rings (SSSR count). The van der Waals surface area contributed by atoms with E-state index in [-0.39, 0.29) is 11.3 Å². The van der Waals surface area contributed by atoms with Crippen LogP contribution < -0.4 is 16.1 Å². The zero-order chi connectivity index (χ0) is 20.4. The average molecular weight is 396 g/mol. The highest BCUT2D eigenvalue weighted by Crippen LogP contribution is 2.33. The molecule has 9 nitrogen and oxygen atoms in total. The number of imide groups is 1. The van der Waals surface area contributed by atoms with Gasteiger partial charge >= 0.3 is 6.03 Å². The lowest BCUT2D eigenvalue weighted by molar-refractivity contribution is -0.134. The van der Waals surface area contributed by atoms with Gasteiger partial charge < -0.3 is 15.1 Å². The van der Waals surface area contributed by atoms with Crippen LogP contribution in [-0.4, -0.2) is 34.3 Å². The van der Waals surface area contributed by atoms with E-state index >= 15 is 0 Å². The van der Waals surface area contributed by atoms with Crippen molar-refractivity contribution in [1.29, 1.82) is 0 Å². The number of hydrazine groups is 1. The van der Waals surface area contributed by atoms with Crippen LogP contribution in [0.2, 0.25) is 0 Å². The van der Waals surface area contributed by atoms with Gasteiger partial charge in [0.1, 0.15) is 5.54 Å². The Labute approximate surface area is 166 Å². The first-order valence-electron chi connectivity index (χ1n) is 9.41. The van der Waals surface area contributed by atoms with Crippen LogP contribution in [0.4, 0.5) is 10.5 Å². The molecule has 2 heterocycles. The zero-order valence-corrected chi connectivity index (χ0v) is 15.6. The normalized spacial score (nSPS) is 17.9. The number of carbonyl (C=O) groups excluding carboxylic acids is 4. The van der Waals surface area contributed by atoms with Gasteiger partial charge in [-0.15, -0.1) is 0 Å². The van der Waals surface area contributed by atoms with Gasteiger partial charge in [-0.25, -0.2) is 4.79 Å². The Bertz CT molecular complexity index is 946. The molecule has 1 aliphatic carbocycles. The Morgan fingerprint density at radius 1 is 1.00 bits per heavy atom. The number of nitrogens with one attached hydrogen (secondary N) is 3. The van der Waals surface area contributed by atoms with Crippen molar-refractivity contribution in [2.24, 2.45) is 0 Å². The smallest absolute Gasteiger partial charge is 0.344 e. The van der Waals surface area contributed by atoms with Crippen LogP contribution in [0.3, 0.4) is 0 Å². The second kappa shape index (κ2) is 7.42. The highest BCUT2D eigenvalue weighted by Gasteiger charge is 2.52. The highest BCUT2D eigenvalue weighted by atomic mass is 16.3. The zero-order valence-electron chi connectivity index (χ0n) is 15.6. The number of furan rings is 1. The maximum Gasteiger partial charge on any atom is 0.344 e. The molecule has 150 valence electrons. The van der Waals surface area contributed by atoms with Gasteiger partial charge in [-0.3, -0.25) is 19.8 Å². The molecule has 0 atom stereocenters. The molecule has 1 saturated heterocycles. The Balaban J connectivity index is 1.40. The molecule has 2 fully saturated rings. The molecule has 0 unspecified atom stereocenters. The van der Waals surface area contributed by atoms with E-state index in [9.17, 15) is 19.2 Å². The third-order valence-electron chi connectivity index (χ3n) is 5.23. The molecule has 0 bridgehead atoms. The molecule has 2 aromatic rings. The average Bonchev–Trinajstić information content (AvgIpc) is 3.33. The molecule has 1 saturated carbocycles. The summed E-state index contributed by atoms with van der Waals surface area (Å²) in [6.45, 7) is 0. The first-order valence-corrected chi connectivity index (χ1v) is 9.41. The molecule has 9 heteroatoms. The Hall–Kier alpha value is -3.62. The minimum absolute atomic E-state index is 0.169. The molecule has 2 aliphatic rings. The van der Waals surface area contributed by atoms with Crippen molar-refractivity contribution in [3.63, 3.8) is 0 Å². The molecular weight excluding hydrogens is 376 g/mol. The van der Waals surface area contributed by atoms with Crippen LogP contribution in [0.1, 0.15) is 53.0 Å². The number of rotatable bonds is 4. The van der Waals surface area contributed by atoms with Crippen LogP contribution in [0, 0.1) is 0 Å². The number of hydrogen-bond acceptors (Lipinski definition) is 5. The highest BCUT2D eigenvalue weighted by molar-refractivity contribution is 6.09. The van der Waals surface area contributed by atoms with Gasteiger partial charge in [0.25, 0.3) is 17.7 Å². The van der Waals surface area contributed by atoms with Crippen molar-refractivity contribution in [3.8, 4) is 0 Å².